The molecule has 1 unspecified atom stereocenters. The largest absolute Gasteiger partial charge is 0.494 e. The molecule has 0 spiro atoms. The molecule has 0 fully saturated rings. The third-order valence-electron chi connectivity index (χ3n) is 4.91. The minimum Gasteiger partial charge on any atom is -0.494 e. The summed E-state index contributed by atoms with van der Waals surface area (Å²) in [5.74, 6) is 1.70. The molecular formula is C21H28N2O3S. The Hall–Kier alpha value is -2.08. The molecule has 1 heterocycles. The number of allylic oxidation sites excluding steroid dienone is 1. The molecule has 0 radical (unpaired) electrons. The zero-order valence-corrected chi connectivity index (χ0v) is 17.2. The number of carbonyl (C=O) groups is 1. The molecule has 1 atom stereocenters. The van der Waals surface area contributed by atoms with Crippen molar-refractivity contribution in [3.8, 4) is 11.5 Å². The van der Waals surface area contributed by atoms with Gasteiger partial charge in [0.1, 0.15) is 11.5 Å². The van der Waals surface area contributed by atoms with Crippen LogP contribution in [0.4, 0.5) is 0 Å². The van der Waals surface area contributed by atoms with Gasteiger partial charge >= 0.3 is 0 Å². The van der Waals surface area contributed by atoms with Gasteiger partial charge in [-0.3, -0.25) is 4.79 Å². The van der Waals surface area contributed by atoms with E-state index >= 15 is 0 Å². The van der Waals surface area contributed by atoms with Crippen LogP contribution in [0.5, 0.6) is 11.5 Å². The van der Waals surface area contributed by atoms with Crippen molar-refractivity contribution in [2.24, 2.45) is 0 Å². The first-order valence-corrected chi connectivity index (χ1v) is 10.2. The molecule has 3 rings (SSSR count). The topological polar surface area (TPSA) is 50.8 Å². The van der Waals surface area contributed by atoms with Crippen molar-refractivity contribution in [1.82, 2.24) is 10.2 Å². The molecule has 0 amide bonds. The Bertz CT molecular complexity index is 760. The summed E-state index contributed by atoms with van der Waals surface area (Å²) < 4.78 is 11.5. The molecule has 1 aliphatic carbocycles. The first kappa shape index (κ1) is 19.7. The Balaban J connectivity index is 2.08. The lowest BCUT2D eigenvalue weighted by Crippen LogP contribution is -2.49. The number of ketones is 1. The summed E-state index contributed by atoms with van der Waals surface area (Å²) in [5, 5.41) is 4.09. The number of carbonyl (C=O) groups excluding carboxylic acids is 1. The maximum atomic E-state index is 12.9. The second-order valence-corrected chi connectivity index (χ2v) is 7.12. The van der Waals surface area contributed by atoms with Crippen molar-refractivity contribution >= 4 is 23.1 Å². The number of Topliss-reactive ketones (excluding diaryl/α,β-unsaturated/α-hetero) is 1. The van der Waals surface area contributed by atoms with Crippen LogP contribution < -0.4 is 14.8 Å². The van der Waals surface area contributed by atoms with Crippen LogP contribution in [0.1, 0.15) is 58.1 Å². The summed E-state index contributed by atoms with van der Waals surface area (Å²) in [7, 11) is 0. The molecule has 1 aromatic rings. The monoisotopic (exact) mass is 388 g/mol. The molecule has 0 bridgehead atoms. The van der Waals surface area contributed by atoms with Gasteiger partial charge in [-0.05, 0) is 57.5 Å². The van der Waals surface area contributed by atoms with Crippen molar-refractivity contribution in [3.05, 3.63) is 35.0 Å². The van der Waals surface area contributed by atoms with Crippen LogP contribution >= 0.6 is 12.2 Å². The molecule has 27 heavy (non-hydrogen) atoms. The predicted molar refractivity (Wildman–Crippen MR) is 110 cm³/mol. The fraction of sp³-hybridized carbons (Fsp3) is 0.524. The van der Waals surface area contributed by atoms with Gasteiger partial charge in [0.2, 0.25) is 0 Å². The average molecular weight is 389 g/mol. The van der Waals surface area contributed by atoms with Gasteiger partial charge in [0.05, 0.1) is 19.3 Å². The quantitative estimate of drug-likeness (QED) is 0.709. The van der Waals surface area contributed by atoms with Crippen LogP contribution in [0.15, 0.2) is 29.5 Å². The van der Waals surface area contributed by atoms with Crippen LogP contribution in [0.25, 0.3) is 0 Å². The summed E-state index contributed by atoms with van der Waals surface area (Å²) in [4.78, 5) is 15.0. The van der Waals surface area contributed by atoms with E-state index in [0.29, 0.717) is 24.7 Å². The smallest absolute Gasteiger partial charge is 0.173 e. The Morgan fingerprint density at radius 1 is 1.19 bits per heavy atom. The first-order valence-electron chi connectivity index (χ1n) is 9.84. The summed E-state index contributed by atoms with van der Waals surface area (Å²) >= 11 is 5.66. The highest BCUT2D eigenvalue weighted by molar-refractivity contribution is 7.80. The second-order valence-electron chi connectivity index (χ2n) is 6.74. The van der Waals surface area contributed by atoms with Crippen molar-refractivity contribution in [2.45, 2.75) is 52.5 Å². The SMILES string of the molecule is CCCN1C(=S)NC(c2ccc(OCC)cc2OCC)C2=C1CCCC2=O. The fourth-order valence-electron chi connectivity index (χ4n) is 3.83. The molecule has 146 valence electrons. The van der Waals surface area contributed by atoms with E-state index in [1.807, 2.05) is 32.0 Å². The molecule has 0 saturated heterocycles. The van der Waals surface area contributed by atoms with Gasteiger partial charge in [0.25, 0.3) is 0 Å². The van der Waals surface area contributed by atoms with Crippen molar-refractivity contribution in [2.75, 3.05) is 19.8 Å². The number of ether oxygens (including phenoxy) is 2. The highest BCUT2D eigenvalue weighted by Crippen LogP contribution is 2.41. The standard InChI is InChI=1S/C21H28N2O3S/c1-4-12-23-16-8-7-9-17(24)19(16)20(22-21(23)27)15-11-10-14(25-5-2)13-18(15)26-6-3/h10-11,13,20H,4-9,12H2,1-3H3,(H,22,27). The number of hydrogen-bond donors (Lipinski definition) is 1. The zero-order valence-electron chi connectivity index (χ0n) is 16.3. The molecule has 0 saturated carbocycles. The number of benzene rings is 1. The fourth-order valence-corrected chi connectivity index (χ4v) is 4.15. The third kappa shape index (κ3) is 3.95. The summed E-state index contributed by atoms with van der Waals surface area (Å²) in [6, 6.07) is 5.54. The Kier molecular flexibility index (Phi) is 6.37. The van der Waals surface area contributed by atoms with E-state index in [0.717, 1.165) is 54.1 Å². The minimum absolute atomic E-state index is 0.202. The Morgan fingerprint density at radius 3 is 2.67 bits per heavy atom. The van der Waals surface area contributed by atoms with E-state index < -0.39 is 0 Å². The van der Waals surface area contributed by atoms with Crippen LogP contribution in [-0.2, 0) is 4.79 Å². The van der Waals surface area contributed by atoms with E-state index in [1.54, 1.807) is 0 Å². The maximum Gasteiger partial charge on any atom is 0.173 e. The number of nitrogens with one attached hydrogen (secondary N) is 1. The van der Waals surface area contributed by atoms with Crippen LogP contribution in [0.3, 0.4) is 0 Å². The van der Waals surface area contributed by atoms with Gasteiger partial charge in [-0.25, -0.2) is 0 Å². The Morgan fingerprint density at radius 2 is 1.96 bits per heavy atom. The second kappa shape index (κ2) is 8.74. The number of hydrogen-bond acceptors (Lipinski definition) is 4. The minimum atomic E-state index is -0.273. The highest BCUT2D eigenvalue weighted by Gasteiger charge is 2.38. The summed E-state index contributed by atoms with van der Waals surface area (Å²) in [5.41, 5.74) is 2.85. The van der Waals surface area contributed by atoms with Gasteiger partial charge in [-0.2, -0.15) is 0 Å². The van der Waals surface area contributed by atoms with E-state index in [4.69, 9.17) is 21.7 Å². The van der Waals surface area contributed by atoms with Gasteiger partial charge in [-0.1, -0.05) is 6.92 Å². The zero-order chi connectivity index (χ0) is 19.4. The van der Waals surface area contributed by atoms with Crippen molar-refractivity contribution in [3.63, 3.8) is 0 Å². The lowest BCUT2D eigenvalue weighted by Gasteiger charge is -2.41. The van der Waals surface area contributed by atoms with Gasteiger partial charge in [0, 0.05) is 35.9 Å². The third-order valence-corrected chi connectivity index (χ3v) is 5.25. The number of nitrogens with zero attached hydrogens (tertiary/aromatic N) is 1. The number of rotatable bonds is 7. The van der Waals surface area contributed by atoms with Gasteiger partial charge in [-0.15, -0.1) is 0 Å². The van der Waals surface area contributed by atoms with Crippen molar-refractivity contribution < 1.29 is 14.3 Å². The first-order chi connectivity index (χ1) is 13.1. The normalized spacial score (nSPS) is 19.7. The summed E-state index contributed by atoms with van der Waals surface area (Å²) in [6.45, 7) is 7.99. The van der Waals surface area contributed by atoms with E-state index in [2.05, 4.69) is 17.1 Å². The molecular weight excluding hydrogens is 360 g/mol. The average Bonchev–Trinajstić information content (AvgIpc) is 2.65. The molecule has 1 N–H and O–H groups in total. The van der Waals surface area contributed by atoms with E-state index in [-0.39, 0.29) is 11.8 Å². The van der Waals surface area contributed by atoms with Crippen molar-refractivity contribution in [1.29, 1.82) is 0 Å². The highest BCUT2D eigenvalue weighted by atomic mass is 32.1. The van der Waals surface area contributed by atoms with E-state index in [9.17, 15) is 4.79 Å². The molecule has 0 aromatic heterocycles. The lowest BCUT2D eigenvalue weighted by atomic mass is 9.84. The number of thiocarbonyl (C=S) groups is 1. The molecule has 1 aliphatic heterocycles. The van der Waals surface area contributed by atoms with Crippen LogP contribution in [0.2, 0.25) is 0 Å². The lowest BCUT2D eigenvalue weighted by molar-refractivity contribution is -0.116. The van der Waals surface area contributed by atoms with Gasteiger partial charge < -0.3 is 19.7 Å². The predicted octanol–water partition coefficient (Wildman–Crippen LogP) is 4.13. The Labute approximate surface area is 166 Å². The van der Waals surface area contributed by atoms with Crippen LogP contribution in [0, 0.1) is 0 Å². The summed E-state index contributed by atoms with van der Waals surface area (Å²) in [6.07, 6.45) is 3.34. The molecule has 6 heteroatoms. The molecule has 2 aliphatic rings. The van der Waals surface area contributed by atoms with Crippen LogP contribution in [-0.4, -0.2) is 35.6 Å². The molecule has 5 nitrogen and oxygen atoms in total. The molecule has 1 aromatic carbocycles. The van der Waals surface area contributed by atoms with Gasteiger partial charge in [0.15, 0.2) is 10.9 Å². The maximum absolute atomic E-state index is 12.9. The van der Waals surface area contributed by atoms with E-state index in [1.165, 1.54) is 0 Å².